The van der Waals surface area contributed by atoms with E-state index in [1.165, 1.54) is 0 Å². The third-order valence-electron chi connectivity index (χ3n) is 3.15. The van der Waals surface area contributed by atoms with E-state index in [9.17, 15) is 4.79 Å². The summed E-state index contributed by atoms with van der Waals surface area (Å²) in [6.45, 7) is 3.22. The maximum atomic E-state index is 11.6. The van der Waals surface area contributed by atoms with Gasteiger partial charge in [0, 0.05) is 25.7 Å². The first-order valence-corrected chi connectivity index (χ1v) is 8.25. The predicted octanol–water partition coefficient (Wildman–Crippen LogP) is 2.17. The Morgan fingerprint density at radius 2 is 2.18 bits per heavy atom. The summed E-state index contributed by atoms with van der Waals surface area (Å²) in [6, 6.07) is 7.86. The van der Waals surface area contributed by atoms with Gasteiger partial charge >= 0.3 is 6.03 Å². The van der Waals surface area contributed by atoms with Gasteiger partial charge in [0.2, 0.25) is 0 Å². The molecule has 0 saturated heterocycles. The molecule has 1 aromatic heterocycles. The highest BCUT2D eigenvalue weighted by Gasteiger charge is 2.06. The van der Waals surface area contributed by atoms with Gasteiger partial charge in [0.15, 0.2) is 5.13 Å². The average Bonchev–Trinajstić information content (AvgIpc) is 2.92. The van der Waals surface area contributed by atoms with Crippen LogP contribution in [-0.2, 0) is 0 Å². The maximum absolute atomic E-state index is 11.6. The number of aliphatic hydroxyl groups excluding tert-OH is 1. The first-order chi connectivity index (χ1) is 10.7. The average molecular weight is 322 g/mol. The molecule has 0 bridgehead atoms. The molecule has 0 aliphatic rings. The molecule has 22 heavy (non-hydrogen) atoms. The number of nitrogens with zero attached hydrogens (tertiary/aromatic N) is 1. The Hall–Kier alpha value is -1.86. The molecule has 6 nitrogen and oxygen atoms in total. The minimum atomic E-state index is -0.184. The Kier molecular flexibility index (Phi) is 6.42. The minimum absolute atomic E-state index is 0.0596. The molecule has 4 N–H and O–H groups in total. The zero-order valence-electron chi connectivity index (χ0n) is 12.6. The predicted molar refractivity (Wildman–Crippen MR) is 90.4 cm³/mol. The highest BCUT2D eigenvalue weighted by molar-refractivity contribution is 7.22. The largest absolute Gasteiger partial charge is 0.396 e. The Morgan fingerprint density at radius 3 is 2.95 bits per heavy atom. The molecule has 1 atom stereocenters. The maximum Gasteiger partial charge on any atom is 0.315 e. The molecular weight excluding hydrogens is 300 g/mol. The Labute approximate surface area is 133 Å². The molecule has 0 fully saturated rings. The second-order valence-corrected chi connectivity index (χ2v) is 6.11. The number of benzene rings is 1. The number of hydrogen-bond acceptors (Lipinski definition) is 5. The van der Waals surface area contributed by atoms with Crippen molar-refractivity contribution in [2.75, 3.05) is 25.0 Å². The van der Waals surface area contributed by atoms with Crippen molar-refractivity contribution in [2.45, 2.75) is 25.8 Å². The van der Waals surface area contributed by atoms with Gasteiger partial charge in [0.25, 0.3) is 0 Å². The third-order valence-corrected chi connectivity index (χ3v) is 4.15. The van der Waals surface area contributed by atoms with Crippen LogP contribution in [0.15, 0.2) is 24.3 Å². The standard InChI is InChI=1S/C15H22N4O2S/c1-11(5-4-10-20)18-14(21)16-8-9-17-15-19-12-6-2-3-7-13(12)22-15/h2-3,6-7,11,20H,4-5,8-10H2,1H3,(H,17,19)(H2,16,18,21). The van der Waals surface area contributed by atoms with E-state index in [1.807, 2.05) is 31.2 Å². The van der Waals surface area contributed by atoms with Crippen LogP contribution in [0.1, 0.15) is 19.8 Å². The smallest absolute Gasteiger partial charge is 0.315 e. The highest BCUT2D eigenvalue weighted by atomic mass is 32.1. The summed E-state index contributed by atoms with van der Waals surface area (Å²) in [4.78, 5) is 16.1. The number of aromatic nitrogens is 1. The van der Waals surface area contributed by atoms with Crippen molar-refractivity contribution in [1.82, 2.24) is 15.6 Å². The van der Waals surface area contributed by atoms with Gasteiger partial charge in [-0.3, -0.25) is 0 Å². The van der Waals surface area contributed by atoms with Crippen LogP contribution >= 0.6 is 11.3 Å². The summed E-state index contributed by atoms with van der Waals surface area (Å²) in [5.41, 5.74) is 0.985. The van der Waals surface area contributed by atoms with Crippen LogP contribution in [0.25, 0.3) is 10.2 Å². The lowest BCUT2D eigenvalue weighted by molar-refractivity contribution is 0.234. The second-order valence-electron chi connectivity index (χ2n) is 5.08. The molecule has 120 valence electrons. The Bertz CT molecular complexity index is 569. The first kappa shape index (κ1) is 16.5. The number of thiazole rings is 1. The van der Waals surface area contributed by atoms with Gasteiger partial charge in [0.05, 0.1) is 10.2 Å². The van der Waals surface area contributed by atoms with Crippen LogP contribution in [0.3, 0.4) is 0 Å². The van der Waals surface area contributed by atoms with Crippen LogP contribution in [-0.4, -0.2) is 41.9 Å². The van der Waals surface area contributed by atoms with Gasteiger partial charge in [0.1, 0.15) is 0 Å². The van der Waals surface area contributed by atoms with Crippen molar-refractivity contribution in [2.24, 2.45) is 0 Å². The number of aliphatic hydroxyl groups is 1. The van der Waals surface area contributed by atoms with Crippen molar-refractivity contribution in [3.63, 3.8) is 0 Å². The SMILES string of the molecule is CC(CCCO)NC(=O)NCCNc1nc2ccccc2s1. The lowest BCUT2D eigenvalue weighted by atomic mass is 10.2. The fourth-order valence-corrected chi connectivity index (χ4v) is 2.93. The van der Waals surface area contributed by atoms with E-state index in [1.54, 1.807) is 11.3 Å². The zero-order valence-corrected chi connectivity index (χ0v) is 13.4. The molecule has 2 rings (SSSR count). The minimum Gasteiger partial charge on any atom is -0.396 e. The summed E-state index contributed by atoms with van der Waals surface area (Å²) in [6.07, 6.45) is 1.47. The van der Waals surface area contributed by atoms with Crippen molar-refractivity contribution in [3.8, 4) is 0 Å². The van der Waals surface area contributed by atoms with Gasteiger partial charge in [-0.05, 0) is 31.9 Å². The van der Waals surface area contributed by atoms with Crippen LogP contribution in [0, 0.1) is 0 Å². The fraction of sp³-hybridized carbons (Fsp3) is 0.467. The van der Waals surface area contributed by atoms with Crippen molar-refractivity contribution < 1.29 is 9.90 Å². The first-order valence-electron chi connectivity index (χ1n) is 7.43. The molecule has 0 radical (unpaired) electrons. The van der Waals surface area contributed by atoms with Crippen LogP contribution in [0.4, 0.5) is 9.93 Å². The number of urea groups is 1. The second kappa shape index (κ2) is 8.55. The lowest BCUT2D eigenvalue weighted by Gasteiger charge is -2.14. The molecule has 0 saturated carbocycles. The normalized spacial score (nSPS) is 12.1. The van der Waals surface area contributed by atoms with Crippen LogP contribution in [0.5, 0.6) is 0 Å². The van der Waals surface area contributed by atoms with E-state index in [0.29, 0.717) is 19.5 Å². The number of para-hydroxylation sites is 1. The summed E-state index contributed by atoms with van der Waals surface area (Å²) < 4.78 is 1.15. The van der Waals surface area contributed by atoms with E-state index in [-0.39, 0.29) is 18.7 Å². The van der Waals surface area contributed by atoms with Gasteiger partial charge in [-0.1, -0.05) is 23.5 Å². The van der Waals surface area contributed by atoms with Crippen molar-refractivity contribution >= 4 is 32.7 Å². The molecule has 0 aliphatic carbocycles. The quantitative estimate of drug-likeness (QED) is 0.561. The van der Waals surface area contributed by atoms with Crippen LogP contribution in [0.2, 0.25) is 0 Å². The molecule has 1 unspecified atom stereocenters. The van der Waals surface area contributed by atoms with Gasteiger partial charge in [-0.2, -0.15) is 0 Å². The lowest BCUT2D eigenvalue weighted by Crippen LogP contribution is -2.42. The molecule has 0 aliphatic heterocycles. The van der Waals surface area contributed by atoms with Gasteiger partial charge < -0.3 is 21.1 Å². The number of hydrogen-bond donors (Lipinski definition) is 4. The number of carbonyl (C=O) groups is 1. The number of carbonyl (C=O) groups excluding carboxylic acids is 1. The van der Waals surface area contributed by atoms with E-state index in [4.69, 9.17) is 5.11 Å². The summed E-state index contributed by atoms with van der Waals surface area (Å²) in [5.74, 6) is 0. The summed E-state index contributed by atoms with van der Waals surface area (Å²) in [5, 5.41) is 18.4. The number of rotatable bonds is 8. The Balaban J connectivity index is 1.65. The molecule has 0 spiro atoms. The molecule has 1 heterocycles. The molecule has 2 amide bonds. The van der Waals surface area contributed by atoms with Gasteiger partial charge in [-0.15, -0.1) is 0 Å². The zero-order chi connectivity index (χ0) is 15.8. The Morgan fingerprint density at radius 1 is 1.36 bits per heavy atom. The van der Waals surface area contributed by atoms with Crippen LogP contribution < -0.4 is 16.0 Å². The summed E-state index contributed by atoms with van der Waals surface area (Å²) in [7, 11) is 0. The molecular formula is C15H22N4O2S. The highest BCUT2D eigenvalue weighted by Crippen LogP contribution is 2.24. The third kappa shape index (κ3) is 5.16. The van der Waals surface area contributed by atoms with E-state index < -0.39 is 0 Å². The van der Waals surface area contributed by atoms with Crippen molar-refractivity contribution in [1.29, 1.82) is 0 Å². The van der Waals surface area contributed by atoms with Gasteiger partial charge in [-0.25, -0.2) is 9.78 Å². The van der Waals surface area contributed by atoms with Crippen molar-refractivity contribution in [3.05, 3.63) is 24.3 Å². The van der Waals surface area contributed by atoms with E-state index >= 15 is 0 Å². The number of anilines is 1. The molecule has 1 aromatic carbocycles. The topological polar surface area (TPSA) is 86.3 Å². The number of amides is 2. The number of fused-ring (bicyclic) bond motifs is 1. The van der Waals surface area contributed by atoms with E-state index in [2.05, 4.69) is 20.9 Å². The fourth-order valence-electron chi connectivity index (χ4n) is 2.04. The molecule has 2 aromatic rings. The number of nitrogens with one attached hydrogen (secondary N) is 3. The van der Waals surface area contributed by atoms with E-state index in [0.717, 1.165) is 21.8 Å². The summed E-state index contributed by atoms with van der Waals surface area (Å²) >= 11 is 1.60. The molecule has 7 heteroatoms. The monoisotopic (exact) mass is 322 g/mol.